The number of unbranched alkanes of at least 4 members (excludes halogenated alkanes) is 11. The molecule has 1 rings (SSSR count). The number of rotatable bonds is 14. The van der Waals surface area contributed by atoms with Gasteiger partial charge in [-0.1, -0.05) is 89.2 Å². The first-order valence-corrected chi connectivity index (χ1v) is 10.2. The Bertz CT molecular complexity index is 430. The van der Waals surface area contributed by atoms with Crippen LogP contribution in [-0.4, -0.2) is 12.5 Å². The Balaban J connectivity index is 1.87. The van der Waals surface area contributed by atoms with E-state index in [-0.39, 0.29) is 5.91 Å². The maximum absolute atomic E-state index is 11.9. The van der Waals surface area contributed by atoms with Crippen molar-refractivity contribution in [3.8, 4) is 0 Å². The van der Waals surface area contributed by atoms with Crippen LogP contribution in [0.25, 0.3) is 0 Å². The molecule has 0 unspecified atom stereocenters. The van der Waals surface area contributed by atoms with Crippen molar-refractivity contribution in [3.05, 3.63) is 34.9 Å². The van der Waals surface area contributed by atoms with E-state index in [2.05, 4.69) is 12.2 Å². The minimum Gasteiger partial charge on any atom is -0.352 e. The van der Waals surface area contributed by atoms with Crippen molar-refractivity contribution in [3.63, 3.8) is 0 Å². The monoisotopic (exact) mass is 351 g/mol. The molecular weight excluding hydrogens is 318 g/mol. The Labute approximate surface area is 153 Å². The second kappa shape index (κ2) is 14.3. The second-order valence-corrected chi connectivity index (χ2v) is 7.09. The van der Waals surface area contributed by atoms with Gasteiger partial charge >= 0.3 is 0 Å². The number of benzene rings is 1. The van der Waals surface area contributed by atoms with Gasteiger partial charge in [-0.25, -0.2) is 0 Å². The summed E-state index contributed by atoms with van der Waals surface area (Å²) in [6.45, 7) is 3.03. The molecule has 0 aromatic heterocycles. The van der Waals surface area contributed by atoms with E-state index in [0.29, 0.717) is 10.6 Å². The fourth-order valence-corrected chi connectivity index (χ4v) is 3.00. The molecule has 24 heavy (non-hydrogen) atoms. The summed E-state index contributed by atoms with van der Waals surface area (Å²) < 4.78 is 0. The minimum absolute atomic E-state index is 0.00487. The molecule has 0 aliphatic heterocycles. The summed E-state index contributed by atoms with van der Waals surface area (Å²) in [4.78, 5) is 11.9. The van der Waals surface area contributed by atoms with Gasteiger partial charge in [0.25, 0.3) is 5.91 Å². The quantitative estimate of drug-likeness (QED) is 0.368. The first-order chi connectivity index (χ1) is 11.7. The third kappa shape index (κ3) is 10.7. The van der Waals surface area contributed by atoms with E-state index < -0.39 is 0 Å². The van der Waals surface area contributed by atoms with Gasteiger partial charge in [-0.3, -0.25) is 4.79 Å². The molecule has 3 heteroatoms. The molecular formula is C21H34ClNO. The van der Waals surface area contributed by atoms with E-state index in [1.165, 1.54) is 70.6 Å². The third-order valence-electron chi connectivity index (χ3n) is 4.42. The molecule has 0 atom stereocenters. The Morgan fingerprint density at radius 3 is 1.75 bits per heavy atom. The second-order valence-electron chi connectivity index (χ2n) is 6.65. The molecule has 1 aromatic carbocycles. The molecule has 1 amide bonds. The number of carbonyl (C=O) groups is 1. The lowest BCUT2D eigenvalue weighted by molar-refractivity contribution is 0.0953. The SMILES string of the molecule is CCCCCCCCCCCCCCNC(=O)c1ccc(Cl)cc1. The lowest BCUT2D eigenvalue weighted by Crippen LogP contribution is -2.24. The van der Waals surface area contributed by atoms with Gasteiger partial charge in [0.2, 0.25) is 0 Å². The van der Waals surface area contributed by atoms with Gasteiger partial charge in [0, 0.05) is 17.1 Å². The average molecular weight is 352 g/mol. The molecule has 0 radical (unpaired) electrons. The molecule has 1 N–H and O–H groups in total. The molecule has 0 bridgehead atoms. The van der Waals surface area contributed by atoms with E-state index >= 15 is 0 Å². The largest absolute Gasteiger partial charge is 0.352 e. The van der Waals surface area contributed by atoms with Gasteiger partial charge in [0.1, 0.15) is 0 Å². The summed E-state index contributed by atoms with van der Waals surface area (Å²) in [6, 6.07) is 7.03. The molecule has 0 heterocycles. The third-order valence-corrected chi connectivity index (χ3v) is 4.67. The molecule has 136 valence electrons. The summed E-state index contributed by atoms with van der Waals surface area (Å²) >= 11 is 5.82. The maximum Gasteiger partial charge on any atom is 0.251 e. The van der Waals surface area contributed by atoms with Crippen LogP contribution in [-0.2, 0) is 0 Å². The van der Waals surface area contributed by atoms with Crippen LogP contribution in [0.5, 0.6) is 0 Å². The molecule has 0 saturated heterocycles. The van der Waals surface area contributed by atoms with Crippen LogP contribution < -0.4 is 5.32 Å². The van der Waals surface area contributed by atoms with Crippen molar-refractivity contribution in [2.75, 3.05) is 6.54 Å². The van der Waals surface area contributed by atoms with Gasteiger partial charge < -0.3 is 5.32 Å². The fourth-order valence-electron chi connectivity index (χ4n) is 2.87. The maximum atomic E-state index is 11.9. The lowest BCUT2D eigenvalue weighted by Gasteiger charge is -2.06. The Morgan fingerprint density at radius 1 is 0.792 bits per heavy atom. The number of nitrogens with one attached hydrogen (secondary N) is 1. The molecule has 0 saturated carbocycles. The van der Waals surface area contributed by atoms with Crippen molar-refractivity contribution < 1.29 is 4.79 Å². The highest BCUT2D eigenvalue weighted by Crippen LogP contribution is 2.12. The van der Waals surface area contributed by atoms with Gasteiger partial charge in [0.05, 0.1) is 0 Å². The smallest absolute Gasteiger partial charge is 0.251 e. The number of hydrogen-bond donors (Lipinski definition) is 1. The fraction of sp³-hybridized carbons (Fsp3) is 0.667. The zero-order valence-electron chi connectivity index (χ0n) is 15.3. The van der Waals surface area contributed by atoms with Gasteiger partial charge in [-0.15, -0.1) is 0 Å². The number of halogens is 1. The molecule has 0 aliphatic carbocycles. The predicted octanol–water partition coefficient (Wildman–Crippen LogP) is 6.77. The highest BCUT2D eigenvalue weighted by Gasteiger charge is 2.03. The first-order valence-electron chi connectivity index (χ1n) is 9.78. The van der Waals surface area contributed by atoms with Crippen LogP contribution in [0.15, 0.2) is 24.3 Å². The summed E-state index contributed by atoms with van der Waals surface area (Å²) in [5.41, 5.74) is 0.679. The zero-order chi connectivity index (χ0) is 17.5. The number of amides is 1. The van der Waals surface area contributed by atoms with Crippen LogP contribution in [0.3, 0.4) is 0 Å². The Kier molecular flexibility index (Phi) is 12.6. The van der Waals surface area contributed by atoms with E-state index in [1.54, 1.807) is 24.3 Å². The summed E-state index contributed by atoms with van der Waals surface area (Å²) in [5.74, 6) is -0.00487. The summed E-state index contributed by atoms with van der Waals surface area (Å²) in [5, 5.41) is 3.63. The van der Waals surface area contributed by atoms with Crippen LogP contribution in [0, 0.1) is 0 Å². The minimum atomic E-state index is -0.00487. The Hall–Kier alpha value is -1.02. The van der Waals surface area contributed by atoms with Crippen molar-refractivity contribution in [1.82, 2.24) is 5.32 Å². The van der Waals surface area contributed by atoms with Crippen LogP contribution in [0.2, 0.25) is 5.02 Å². The van der Waals surface area contributed by atoms with Gasteiger partial charge in [-0.2, -0.15) is 0 Å². The van der Waals surface area contributed by atoms with Crippen LogP contribution in [0.1, 0.15) is 94.3 Å². The first kappa shape index (κ1) is 21.0. The normalized spacial score (nSPS) is 10.8. The highest BCUT2D eigenvalue weighted by atomic mass is 35.5. The standard InChI is InChI=1S/C21H34ClNO/c1-2-3-4-5-6-7-8-9-10-11-12-13-18-23-21(24)19-14-16-20(22)17-15-19/h14-17H,2-13,18H2,1H3,(H,23,24). The molecule has 0 spiro atoms. The van der Waals surface area contributed by atoms with Crippen LogP contribution >= 0.6 is 11.6 Å². The van der Waals surface area contributed by atoms with E-state index in [4.69, 9.17) is 11.6 Å². The lowest BCUT2D eigenvalue weighted by atomic mass is 10.1. The molecule has 2 nitrogen and oxygen atoms in total. The molecule has 0 fully saturated rings. The number of hydrogen-bond acceptors (Lipinski definition) is 1. The van der Waals surface area contributed by atoms with E-state index in [9.17, 15) is 4.79 Å². The van der Waals surface area contributed by atoms with Crippen LogP contribution in [0.4, 0.5) is 0 Å². The predicted molar refractivity (Wildman–Crippen MR) is 105 cm³/mol. The average Bonchev–Trinajstić information content (AvgIpc) is 2.59. The van der Waals surface area contributed by atoms with Crippen molar-refractivity contribution in [1.29, 1.82) is 0 Å². The Morgan fingerprint density at radius 2 is 1.25 bits per heavy atom. The zero-order valence-corrected chi connectivity index (χ0v) is 16.0. The van der Waals surface area contributed by atoms with Crippen molar-refractivity contribution in [2.24, 2.45) is 0 Å². The molecule has 1 aromatic rings. The number of carbonyl (C=O) groups excluding carboxylic acids is 1. The van der Waals surface area contributed by atoms with Gasteiger partial charge in [0.15, 0.2) is 0 Å². The van der Waals surface area contributed by atoms with Crippen molar-refractivity contribution in [2.45, 2.75) is 84.0 Å². The summed E-state index contributed by atoms with van der Waals surface area (Å²) in [7, 11) is 0. The molecule has 0 aliphatic rings. The van der Waals surface area contributed by atoms with E-state index in [0.717, 1.165) is 13.0 Å². The van der Waals surface area contributed by atoms with Gasteiger partial charge in [-0.05, 0) is 30.7 Å². The summed E-state index contributed by atoms with van der Waals surface area (Å²) in [6.07, 6.45) is 16.0. The van der Waals surface area contributed by atoms with E-state index in [1.807, 2.05) is 0 Å². The highest BCUT2D eigenvalue weighted by molar-refractivity contribution is 6.30. The van der Waals surface area contributed by atoms with Crippen molar-refractivity contribution >= 4 is 17.5 Å². The topological polar surface area (TPSA) is 29.1 Å².